The molecule has 0 aliphatic carbocycles. The molecular weight excluding hydrogens is 296 g/mol. The largest absolute Gasteiger partial charge is 0.481 e. The quantitative estimate of drug-likeness (QED) is 0.558. The Bertz CT molecular complexity index is 381. The molecule has 0 aliphatic heterocycles. The highest BCUT2D eigenvalue weighted by Crippen LogP contribution is 2.14. The molecule has 0 fully saturated rings. The number of carboxylic acid groups (broad SMARTS) is 1. The molecule has 1 N–H and O–H groups in total. The molecule has 0 saturated carbocycles. The third-order valence-electron chi connectivity index (χ3n) is 4.02. The van der Waals surface area contributed by atoms with Crippen LogP contribution >= 0.6 is 0 Å². The molecule has 6 nitrogen and oxygen atoms in total. The van der Waals surface area contributed by atoms with Crippen molar-refractivity contribution in [2.45, 2.75) is 72.3 Å². The number of amides is 2. The minimum absolute atomic E-state index is 0.0585. The van der Waals surface area contributed by atoms with E-state index < -0.39 is 12.0 Å². The van der Waals surface area contributed by atoms with Gasteiger partial charge in [0.15, 0.2) is 0 Å². The number of rotatable bonds is 12. The van der Waals surface area contributed by atoms with Crippen LogP contribution in [0.15, 0.2) is 0 Å². The maximum atomic E-state index is 12.7. The molecule has 6 heteroatoms. The van der Waals surface area contributed by atoms with Gasteiger partial charge in [0.1, 0.15) is 6.04 Å². The van der Waals surface area contributed by atoms with Crippen molar-refractivity contribution in [1.29, 1.82) is 0 Å². The number of unbranched alkanes of at least 4 members (excludes halogenated alkanes) is 2. The van der Waals surface area contributed by atoms with Crippen LogP contribution in [0.1, 0.15) is 66.2 Å². The smallest absolute Gasteiger partial charge is 0.303 e. The van der Waals surface area contributed by atoms with Gasteiger partial charge < -0.3 is 14.9 Å². The molecule has 0 spiro atoms. The molecule has 0 aromatic heterocycles. The Morgan fingerprint density at radius 1 is 0.913 bits per heavy atom. The van der Waals surface area contributed by atoms with Gasteiger partial charge in [-0.3, -0.25) is 14.4 Å². The second-order valence-corrected chi connectivity index (χ2v) is 5.60. The van der Waals surface area contributed by atoms with Crippen LogP contribution in [0.5, 0.6) is 0 Å². The molecule has 0 heterocycles. The van der Waals surface area contributed by atoms with Gasteiger partial charge in [-0.15, -0.1) is 0 Å². The van der Waals surface area contributed by atoms with Crippen molar-refractivity contribution < 1.29 is 19.5 Å². The van der Waals surface area contributed by atoms with Gasteiger partial charge in [0.05, 0.1) is 0 Å². The first-order valence-electron chi connectivity index (χ1n) is 8.72. The first kappa shape index (κ1) is 21.4. The van der Waals surface area contributed by atoms with Crippen molar-refractivity contribution in [3.05, 3.63) is 0 Å². The fourth-order valence-corrected chi connectivity index (χ4v) is 2.66. The first-order valence-corrected chi connectivity index (χ1v) is 8.72. The summed E-state index contributed by atoms with van der Waals surface area (Å²) < 4.78 is 0. The van der Waals surface area contributed by atoms with Crippen molar-refractivity contribution in [1.82, 2.24) is 9.80 Å². The Morgan fingerprint density at radius 2 is 1.52 bits per heavy atom. The number of carbonyl (C=O) groups excluding carboxylic acids is 2. The normalized spacial score (nSPS) is 11.8. The Kier molecular flexibility index (Phi) is 11.1. The predicted octanol–water partition coefficient (Wildman–Crippen LogP) is 2.52. The van der Waals surface area contributed by atoms with Crippen molar-refractivity contribution in [3.8, 4) is 0 Å². The third kappa shape index (κ3) is 7.48. The van der Waals surface area contributed by atoms with Crippen LogP contribution in [-0.2, 0) is 14.4 Å². The number of hydrogen-bond acceptors (Lipinski definition) is 3. The van der Waals surface area contributed by atoms with E-state index >= 15 is 0 Å². The lowest BCUT2D eigenvalue weighted by Crippen LogP contribution is -2.51. The minimum atomic E-state index is -0.947. The molecule has 0 aromatic carbocycles. The highest BCUT2D eigenvalue weighted by atomic mass is 16.4. The molecule has 23 heavy (non-hydrogen) atoms. The Balaban J connectivity index is 5.13. The van der Waals surface area contributed by atoms with Gasteiger partial charge >= 0.3 is 5.97 Å². The van der Waals surface area contributed by atoms with Crippen LogP contribution in [0.25, 0.3) is 0 Å². The summed E-state index contributed by atoms with van der Waals surface area (Å²) in [6.45, 7) is 9.20. The van der Waals surface area contributed by atoms with E-state index in [-0.39, 0.29) is 24.7 Å². The van der Waals surface area contributed by atoms with Gasteiger partial charge in [0, 0.05) is 32.5 Å². The average Bonchev–Trinajstić information content (AvgIpc) is 2.52. The number of hydrogen-bond donors (Lipinski definition) is 1. The summed E-state index contributed by atoms with van der Waals surface area (Å²) in [4.78, 5) is 39.3. The highest BCUT2D eigenvalue weighted by molar-refractivity contribution is 5.88. The summed E-state index contributed by atoms with van der Waals surface area (Å²) in [5, 5.41) is 8.94. The number of aliphatic carboxylic acids is 1. The first-order chi connectivity index (χ1) is 10.9. The van der Waals surface area contributed by atoms with Gasteiger partial charge in [-0.25, -0.2) is 0 Å². The number of carboxylic acids is 1. The summed E-state index contributed by atoms with van der Waals surface area (Å²) in [5.41, 5.74) is 0. The molecule has 0 aromatic rings. The topological polar surface area (TPSA) is 77.9 Å². The van der Waals surface area contributed by atoms with E-state index in [9.17, 15) is 14.4 Å². The fourth-order valence-electron chi connectivity index (χ4n) is 2.66. The Morgan fingerprint density at radius 3 is 1.96 bits per heavy atom. The lowest BCUT2D eigenvalue weighted by Gasteiger charge is -2.33. The van der Waals surface area contributed by atoms with E-state index in [2.05, 4.69) is 6.92 Å². The number of nitrogens with zero attached hydrogens (tertiary/aromatic N) is 2. The molecule has 1 atom stereocenters. The summed E-state index contributed by atoms with van der Waals surface area (Å²) in [6, 6.07) is -0.676. The number of likely N-dealkylation sites (N-methyl/N-ethyl adjacent to an activating group) is 2. The van der Waals surface area contributed by atoms with Crippen molar-refractivity contribution in [3.63, 3.8) is 0 Å². The molecule has 0 rings (SSSR count). The second-order valence-electron chi connectivity index (χ2n) is 5.60. The van der Waals surface area contributed by atoms with E-state index in [4.69, 9.17) is 5.11 Å². The summed E-state index contributed by atoms with van der Waals surface area (Å²) >= 11 is 0. The SMILES string of the molecule is CCCCCC(=O)N(CC)[C@@H](CCC(=O)O)C(=O)N(CC)CC. The van der Waals surface area contributed by atoms with Gasteiger partial charge in [0.25, 0.3) is 0 Å². The molecule has 0 bridgehead atoms. The molecule has 2 amide bonds. The van der Waals surface area contributed by atoms with E-state index in [1.165, 1.54) is 0 Å². The fraction of sp³-hybridized carbons (Fsp3) is 0.824. The van der Waals surface area contributed by atoms with Gasteiger partial charge in [-0.2, -0.15) is 0 Å². The Hall–Kier alpha value is -1.59. The van der Waals surface area contributed by atoms with Gasteiger partial charge in [-0.1, -0.05) is 19.8 Å². The zero-order valence-corrected chi connectivity index (χ0v) is 15.0. The average molecular weight is 328 g/mol. The summed E-state index contributed by atoms with van der Waals surface area (Å²) in [6.07, 6.45) is 3.27. The monoisotopic (exact) mass is 328 g/mol. The zero-order valence-electron chi connectivity index (χ0n) is 15.0. The van der Waals surface area contributed by atoms with Gasteiger partial charge in [0.2, 0.25) is 11.8 Å². The molecular formula is C17H32N2O4. The lowest BCUT2D eigenvalue weighted by molar-refractivity contribution is -0.147. The maximum absolute atomic E-state index is 12.7. The molecule has 134 valence electrons. The minimum Gasteiger partial charge on any atom is -0.481 e. The van der Waals surface area contributed by atoms with Crippen molar-refractivity contribution >= 4 is 17.8 Å². The number of carbonyl (C=O) groups is 3. The highest BCUT2D eigenvalue weighted by Gasteiger charge is 2.31. The van der Waals surface area contributed by atoms with Crippen molar-refractivity contribution in [2.24, 2.45) is 0 Å². The lowest BCUT2D eigenvalue weighted by atomic mass is 10.1. The van der Waals surface area contributed by atoms with Crippen LogP contribution in [0.4, 0.5) is 0 Å². The van der Waals surface area contributed by atoms with Crippen LogP contribution in [0, 0.1) is 0 Å². The van der Waals surface area contributed by atoms with Crippen molar-refractivity contribution in [2.75, 3.05) is 19.6 Å². The van der Waals surface area contributed by atoms with E-state index in [0.717, 1.165) is 19.3 Å². The van der Waals surface area contributed by atoms with Crippen LogP contribution in [-0.4, -0.2) is 58.4 Å². The Labute approximate surface area is 139 Å². The molecule has 0 radical (unpaired) electrons. The van der Waals surface area contributed by atoms with Crippen LogP contribution in [0.2, 0.25) is 0 Å². The van der Waals surface area contributed by atoms with E-state index in [0.29, 0.717) is 26.1 Å². The van der Waals surface area contributed by atoms with E-state index in [1.807, 2.05) is 20.8 Å². The molecule has 0 saturated heterocycles. The molecule has 0 aliphatic rings. The third-order valence-corrected chi connectivity index (χ3v) is 4.02. The van der Waals surface area contributed by atoms with Crippen LogP contribution < -0.4 is 0 Å². The summed E-state index contributed by atoms with van der Waals surface area (Å²) in [5.74, 6) is -1.16. The second kappa shape index (κ2) is 11.9. The predicted molar refractivity (Wildman–Crippen MR) is 90.1 cm³/mol. The van der Waals surface area contributed by atoms with Crippen LogP contribution in [0.3, 0.4) is 0 Å². The summed E-state index contributed by atoms with van der Waals surface area (Å²) in [7, 11) is 0. The molecule has 0 unspecified atom stereocenters. The standard InChI is InChI=1S/C17H32N2O4/c1-5-9-10-11-15(20)19(8-4)14(12-13-16(21)22)17(23)18(6-2)7-3/h14H,5-13H2,1-4H3,(H,21,22)/t14-/m0/s1. The zero-order chi connectivity index (χ0) is 17.8. The van der Waals surface area contributed by atoms with Gasteiger partial charge in [-0.05, 0) is 33.6 Å². The maximum Gasteiger partial charge on any atom is 0.303 e. The van der Waals surface area contributed by atoms with E-state index in [1.54, 1.807) is 9.80 Å².